The third-order valence-corrected chi connectivity index (χ3v) is 5.46. The molecule has 2 aromatic heterocycles. The molecule has 2 heterocycles. The van der Waals surface area contributed by atoms with Gasteiger partial charge in [0.1, 0.15) is 24.0 Å². The summed E-state index contributed by atoms with van der Waals surface area (Å²) in [5.41, 5.74) is -1.07. The van der Waals surface area contributed by atoms with Gasteiger partial charge in [0.15, 0.2) is 11.5 Å². The van der Waals surface area contributed by atoms with Gasteiger partial charge in [-0.1, -0.05) is 27.7 Å². The van der Waals surface area contributed by atoms with Crippen LogP contribution in [0.4, 0.5) is 0 Å². The lowest BCUT2D eigenvalue weighted by atomic mass is 9.85. The van der Waals surface area contributed by atoms with E-state index < -0.39 is 10.9 Å². The number of hydrogen-bond acceptors (Lipinski definition) is 8. The summed E-state index contributed by atoms with van der Waals surface area (Å²) in [6.07, 6.45) is 5.73. The molecule has 8 heteroatoms. The molecule has 0 unspecified atom stereocenters. The van der Waals surface area contributed by atoms with E-state index in [1.807, 2.05) is 0 Å². The summed E-state index contributed by atoms with van der Waals surface area (Å²) >= 11 is 0. The van der Waals surface area contributed by atoms with Gasteiger partial charge in [-0.2, -0.15) is 0 Å². The molecular weight excluding hydrogens is 428 g/mol. The Balaban J connectivity index is 1.56. The molecular formula is C25H36O8. The molecule has 0 aliphatic rings. The summed E-state index contributed by atoms with van der Waals surface area (Å²) in [7, 11) is 0. The Labute approximate surface area is 194 Å². The van der Waals surface area contributed by atoms with Gasteiger partial charge < -0.3 is 28.5 Å². The van der Waals surface area contributed by atoms with Crippen molar-refractivity contribution in [3.05, 3.63) is 56.6 Å². The lowest BCUT2D eigenvalue weighted by Crippen LogP contribution is -2.19. The summed E-state index contributed by atoms with van der Waals surface area (Å²) < 4.78 is 22.0. The van der Waals surface area contributed by atoms with Crippen molar-refractivity contribution in [2.45, 2.75) is 59.8 Å². The molecule has 0 spiro atoms. The highest BCUT2D eigenvalue weighted by Crippen LogP contribution is 2.27. The largest absolute Gasteiger partial charge is 0.502 e. The van der Waals surface area contributed by atoms with Crippen LogP contribution < -0.4 is 10.9 Å². The van der Waals surface area contributed by atoms with E-state index in [4.69, 9.17) is 18.3 Å². The lowest BCUT2D eigenvalue weighted by Gasteiger charge is -2.24. The second kappa shape index (κ2) is 12.0. The minimum atomic E-state index is -0.432. The first-order valence-electron chi connectivity index (χ1n) is 11.2. The highest BCUT2D eigenvalue weighted by atomic mass is 16.5. The molecule has 0 atom stereocenters. The molecule has 0 aliphatic carbocycles. The Kier molecular flexibility index (Phi) is 9.73. The monoisotopic (exact) mass is 464 g/mol. The van der Waals surface area contributed by atoms with Crippen LogP contribution >= 0.6 is 0 Å². The van der Waals surface area contributed by atoms with E-state index in [0.717, 1.165) is 31.8 Å². The van der Waals surface area contributed by atoms with E-state index in [-0.39, 0.29) is 22.3 Å². The van der Waals surface area contributed by atoms with Gasteiger partial charge in [0.2, 0.25) is 10.9 Å². The fourth-order valence-corrected chi connectivity index (χ4v) is 3.36. The van der Waals surface area contributed by atoms with Crippen LogP contribution in [-0.2, 0) is 22.3 Å². The highest BCUT2D eigenvalue weighted by molar-refractivity contribution is 5.16. The first kappa shape index (κ1) is 26.7. The van der Waals surface area contributed by atoms with E-state index in [2.05, 4.69) is 27.7 Å². The molecule has 0 fully saturated rings. The number of hydrogen-bond donors (Lipinski definition) is 2. The van der Waals surface area contributed by atoms with Crippen molar-refractivity contribution in [1.29, 1.82) is 0 Å². The molecule has 8 nitrogen and oxygen atoms in total. The predicted molar refractivity (Wildman–Crippen MR) is 124 cm³/mol. The van der Waals surface area contributed by atoms with Crippen molar-refractivity contribution in [1.82, 2.24) is 0 Å². The average Bonchev–Trinajstić information content (AvgIpc) is 2.71. The molecule has 0 bridgehead atoms. The molecule has 0 aliphatic heterocycles. The maximum atomic E-state index is 11.5. The average molecular weight is 465 g/mol. The van der Waals surface area contributed by atoms with Gasteiger partial charge in [-0.25, -0.2) is 0 Å². The summed E-state index contributed by atoms with van der Waals surface area (Å²) in [6, 6.07) is 2.66. The predicted octanol–water partition coefficient (Wildman–Crippen LogP) is 4.05. The van der Waals surface area contributed by atoms with Gasteiger partial charge in [-0.15, -0.1) is 0 Å². The fourth-order valence-electron chi connectivity index (χ4n) is 3.36. The van der Waals surface area contributed by atoms with E-state index >= 15 is 0 Å². The molecule has 2 N–H and O–H groups in total. The topological polar surface area (TPSA) is 119 Å². The maximum absolute atomic E-state index is 11.5. The highest BCUT2D eigenvalue weighted by Gasteiger charge is 2.21. The Morgan fingerprint density at radius 2 is 1.12 bits per heavy atom. The van der Waals surface area contributed by atoms with Crippen molar-refractivity contribution < 1.29 is 28.5 Å². The smallest absolute Gasteiger partial charge is 0.226 e. The zero-order valence-electron chi connectivity index (χ0n) is 20.0. The molecule has 2 aromatic rings. The number of ether oxygens (including phenoxy) is 2. The van der Waals surface area contributed by atoms with Gasteiger partial charge in [0, 0.05) is 51.4 Å². The van der Waals surface area contributed by atoms with Crippen molar-refractivity contribution in [2.75, 3.05) is 26.4 Å². The second-order valence-electron chi connectivity index (χ2n) is 9.95. The Morgan fingerprint density at radius 3 is 1.48 bits per heavy atom. The Hall–Kier alpha value is -2.58. The SMILES string of the molecule is CC(C)(CCOCCCOCCC(C)(C)Cc1cc(=O)c(O)co1)Cc1cc(=O)c(O)co1. The van der Waals surface area contributed by atoms with Crippen LogP contribution in [0.5, 0.6) is 11.5 Å². The minimum Gasteiger partial charge on any atom is -0.502 e. The van der Waals surface area contributed by atoms with Crippen LogP contribution in [0, 0.1) is 10.8 Å². The van der Waals surface area contributed by atoms with Crippen LogP contribution in [0.1, 0.15) is 58.5 Å². The van der Waals surface area contributed by atoms with Gasteiger partial charge in [-0.3, -0.25) is 9.59 Å². The fraction of sp³-hybridized carbons (Fsp3) is 0.600. The van der Waals surface area contributed by atoms with Crippen molar-refractivity contribution in [3.8, 4) is 11.5 Å². The maximum Gasteiger partial charge on any atom is 0.226 e. The van der Waals surface area contributed by atoms with Crippen LogP contribution in [0.15, 0.2) is 43.1 Å². The molecule has 184 valence electrons. The molecule has 0 saturated carbocycles. The Bertz CT molecular complexity index is 907. The molecule has 0 radical (unpaired) electrons. The summed E-state index contributed by atoms with van der Waals surface area (Å²) in [4.78, 5) is 23.0. The Morgan fingerprint density at radius 1 is 0.727 bits per heavy atom. The summed E-state index contributed by atoms with van der Waals surface area (Å²) in [5.74, 6) is 0.339. The molecule has 0 amide bonds. The molecule has 33 heavy (non-hydrogen) atoms. The first-order valence-corrected chi connectivity index (χ1v) is 11.2. The van der Waals surface area contributed by atoms with Crippen LogP contribution in [0.3, 0.4) is 0 Å². The van der Waals surface area contributed by atoms with Crippen LogP contribution in [0.2, 0.25) is 0 Å². The third-order valence-electron chi connectivity index (χ3n) is 5.46. The summed E-state index contributed by atoms with van der Waals surface area (Å²) in [6.45, 7) is 10.7. The van der Waals surface area contributed by atoms with Crippen LogP contribution in [0.25, 0.3) is 0 Å². The van der Waals surface area contributed by atoms with E-state index in [1.165, 1.54) is 12.1 Å². The summed E-state index contributed by atoms with van der Waals surface area (Å²) in [5, 5.41) is 18.6. The lowest BCUT2D eigenvalue weighted by molar-refractivity contribution is 0.0599. The first-order chi connectivity index (χ1) is 15.5. The standard InChI is InChI=1S/C25H36O8/c1-24(2,14-18-12-20(26)22(28)16-32-18)6-10-30-8-5-9-31-11-7-25(3,4)15-19-13-21(27)23(29)17-33-19/h12-13,16-17,28-29H,5-11,14-15H2,1-4H3. The van der Waals surface area contributed by atoms with Gasteiger partial charge in [0.25, 0.3) is 0 Å². The zero-order valence-corrected chi connectivity index (χ0v) is 20.0. The third kappa shape index (κ3) is 9.84. The number of aromatic hydroxyl groups is 2. The van der Waals surface area contributed by atoms with E-state index in [1.54, 1.807) is 0 Å². The van der Waals surface area contributed by atoms with Gasteiger partial charge in [-0.05, 0) is 30.1 Å². The number of rotatable bonds is 14. The zero-order chi connectivity index (χ0) is 24.5. The van der Waals surface area contributed by atoms with Crippen molar-refractivity contribution in [3.63, 3.8) is 0 Å². The molecule has 0 saturated heterocycles. The second-order valence-corrected chi connectivity index (χ2v) is 9.95. The molecule has 2 rings (SSSR count). The van der Waals surface area contributed by atoms with Gasteiger partial charge in [0.05, 0.1) is 0 Å². The van der Waals surface area contributed by atoms with Crippen molar-refractivity contribution >= 4 is 0 Å². The minimum absolute atomic E-state index is 0.106. The quantitative estimate of drug-likeness (QED) is 0.402. The van der Waals surface area contributed by atoms with Gasteiger partial charge >= 0.3 is 0 Å². The van der Waals surface area contributed by atoms with E-state index in [0.29, 0.717) is 50.8 Å². The van der Waals surface area contributed by atoms with Crippen molar-refractivity contribution in [2.24, 2.45) is 10.8 Å². The normalized spacial score (nSPS) is 12.2. The van der Waals surface area contributed by atoms with Crippen LogP contribution in [-0.4, -0.2) is 36.6 Å². The van der Waals surface area contributed by atoms with E-state index in [9.17, 15) is 19.8 Å². The molecule has 0 aromatic carbocycles.